The highest BCUT2D eigenvalue weighted by atomic mass is 35.5. The van der Waals surface area contributed by atoms with Crippen LogP contribution in [-0.2, 0) is 13.7 Å². The summed E-state index contributed by atoms with van der Waals surface area (Å²) >= 11 is 7.68. The van der Waals surface area contributed by atoms with E-state index in [-0.39, 0.29) is 0 Å². The highest BCUT2D eigenvalue weighted by Crippen LogP contribution is 2.24. The van der Waals surface area contributed by atoms with E-state index in [1.54, 1.807) is 17.8 Å². The lowest BCUT2D eigenvalue weighted by molar-refractivity contribution is 0.290. The average molecular weight is 420 g/mol. The van der Waals surface area contributed by atoms with Crippen molar-refractivity contribution >= 4 is 23.4 Å². The number of halogens is 1. The maximum atomic E-state index is 6.10. The van der Waals surface area contributed by atoms with Crippen LogP contribution in [0, 0.1) is 0 Å². The van der Waals surface area contributed by atoms with Crippen LogP contribution in [0.1, 0.15) is 12.7 Å². The maximum Gasteiger partial charge on any atom is 0.191 e. The van der Waals surface area contributed by atoms with Gasteiger partial charge in [0.15, 0.2) is 11.0 Å². The summed E-state index contributed by atoms with van der Waals surface area (Å²) < 4.78 is 18.8. The number of rotatable bonds is 10. The van der Waals surface area contributed by atoms with Crippen LogP contribution in [-0.4, -0.2) is 33.7 Å². The van der Waals surface area contributed by atoms with Gasteiger partial charge < -0.3 is 18.8 Å². The molecule has 2 aromatic carbocycles. The van der Waals surface area contributed by atoms with E-state index >= 15 is 0 Å². The number of hydrogen-bond donors (Lipinski definition) is 0. The normalized spacial score (nSPS) is 10.7. The fourth-order valence-corrected chi connectivity index (χ4v) is 3.33. The fraction of sp³-hybridized carbons (Fsp3) is 0.300. The van der Waals surface area contributed by atoms with Crippen molar-refractivity contribution in [1.29, 1.82) is 0 Å². The Balaban J connectivity index is 1.44. The number of nitrogens with zero attached hydrogens (tertiary/aromatic N) is 3. The standard InChI is InChI=1S/C20H22ClN3O3S/c1-3-25-15-8-10-16(11-9-15)26-12-13-28-20-23-22-19(24(20)2)14-27-18-7-5-4-6-17(18)21/h4-11H,3,12-14H2,1-2H3. The summed E-state index contributed by atoms with van der Waals surface area (Å²) in [4.78, 5) is 0. The monoisotopic (exact) mass is 419 g/mol. The third kappa shape index (κ3) is 5.56. The zero-order chi connectivity index (χ0) is 19.8. The van der Waals surface area contributed by atoms with Gasteiger partial charge in [0.2, 0.25) is 0 Å². The number of hydrogen-bond acceptors (Lipinski definition) is 6. The molecule has 0 spiro atoms. The molecule has 1 aromatic heterocycles. The van der Waals surface area contributed by atoms with Gasteiger partial charge in [-0.05, 0) is 43.3 Å². The largest absolute Gasteiger partial charge is 0.494 e. The van der Waals surface area contributed by atoms with Gasteiger partial charge in [-0.1, -0.05) is 35.5 Å². The van der Waals surface area contributed by atoms with Gasteiger partial charge >= 0.3 is 0 Å². The summed E-state index contributed by atoms with van der Waals surface area (Å²) in [5.41, 5.74) is 0. The first-order valence-electron chi connectivity index (χ1n) is 8.91. The molecule has 0 N–H and O–H groups in total. The Labute approximate surface area is 173 Å². The Morgan fingerprint density at radius 2 is 1.68 bits per heavy atom. The van der Waals surface area contributed by atoms with E-state index in [1.165, 1.54) is 0 Å². The quantitative estimate of drug-likeness (QED) is 0.353. The van der Waals surface area contributed by atoms with Gasteiger partial charge in [-0.15, -0.1) is 10.2 Å². The fourth-order valence-electron chi connectivity index (χ4n) is 2.39. The summed E-state index contributed by atoms with van der Waals surface area (Å²) in [5, 5.41) is 9.80. The van der Waals surface area contributed by atoms with E-state index in [9.17, 15) is 0 Å². The second-order valence-electron chi connectivity index (χ2n) is 5.78. The summed E-state index contributed by atoms with van der Waals surface area (Å²) in [7, 11) is 1.92. The van der Waals surface area contributed by atoms with Gasteiger partial charge in [0.1, 0.15) is 23.9 Å². The van der Waals surface area contributed by atoms with Gasteiger partial charge in [-0.3, -0.25) is 0 Å². The van der Waals surface area contributed by atoms with Crippen molar-refractivity contribution in [3.63, 3.8) is 0 Å². The van der Waals surface area contributed by atoms with Gasteiger partial charge in [0.05, 0.1) is 18.2 Å². The van der Waals surface area contributed by atoms with E-state index in [2.05, 4.69) is 10.2 Å². The number of thioether (sulfide) groups is 1. The molecule has 1 heterocycles. The molecule has 0 aliphatic heterocycles. The Bertz CT molecular complexity index is 887. The number of ether oxygens (including phenoxy) is 3. The summed E-state index contributed by atoms with van der Waals surface area (Å²) in [6, 6.07) is 15.0. The van der Waals surface area contributed by atoms with E-state index < -0.39 is 0 Å². The predicted molar refractivity (Wildman–Crippen MR) is 111 cm³/mol. The molecule has 0 radical (unpaired) electrons. The van der Waals surface area contributed by atoms with Crippen LogP contribution >= 0.6 is 23.4 Å². The first kappa shape index (κ1) is 20.4. The van der Waals surface area contributed by atoms with Gasteiger partial charge in [-0.2, -0.15) is 0 Å². The molecule has 0 fully saturated rings. The molecule has 3 aromatic rings. The highest BCUT2D eigenvalue weighted by Gasteiger charge is 2.11. The molecular formula is C20H22ClN3O3S. The van der Waals surface area contributed by atoms with Crippen molar-refractivity contribution in [3.05, 3.63) is 59.4 Å². The molecule has 0 unspecified atom stereocenters. The summed E-state index contributed by atoms with van der Waals surface area (Å²) in [5.74, 6) is 3.77. The third-order valence-corrected chi connectivity index (χ3v) is 5.13. The molecule has 6 nitrogen and oxygen atoms in total. The third-order valence-electron chi connectivity index (χ3n) is 3.84. The number of benzene rings is 2. The van der Waals surface area contributed by atoms with Crippen LogP contribution in [0.4, 0.5) is 0 Å². The summed E-state index contributed by atoms with van der Waals surface area (Å²) in [6.07, 6.45) is 0. The van der Waals surface area contributed by atoms with Crippen LogP contribution in [0.15, 0.2) is 53.7 Å². The lowest BCUT2D eigenvalue weighted by Crippen LogP contribution is -2.05. The molecule has 0 amide bonds. The molecular weight excluding hydrogens is 398 g/mol. The first-order valence-corrected chi connectivity index (χ1v) is 10.3. The Kier molecular flexibility index (Phi) is 7.45. The van der Waals surface area contributed by atoms with E-state index in [0.717, 1.165) is 28.2 Å². The second-order valence-corrected chi connectivity index (χ2v) is 7.25. The smallest absolute Gasteiger partial charge is 0.191 e. The van der Waals surface area contributed by atoms with Gasteiger partial charge in [0, 0.05) is 12.8 Å². The second kappa shape index (κ2) is 10.2. The average Bonchev–Trinajstić information content (AvgIpc) is 3.06. The van der Waals surface area contributed by atoms with Crippen LogP contribution in [0.5, 0.6) is 17.2 Å². The van der Waals surface area contributed by atoms with Crippen molar-refractivity contribution in [2.45, 2.75) is 18.7 Å². The Morgan fingerprint density at radius 3 is 2.39 bits per heavy atom. The summed E-state index contributed by atoms with van der Waals surface area (Å²) in [6.45, 7) is 3.48. The van der Waals surface area contributed by atoms with Gasteiger partial charge in [0.25, 0.3) is 0 Å². The molecule has 0 bridgehead atoms. The molecule has 0 atom stereocenters. The highest BCUT2D eigenvalue weighted by molar-refractivity contribution is 7.99. The molecule has 0 saturated carbocycles. The maximum absolute atomic E-state index is 6.10. The molecule has 3 rings (SSSR count). The van der Waals surface area contributed by atoms with Crippen LogP contribution < -0.4 is 14.2 Å². The van der Waals surface area contributed by atoms with Crippen molar-refractivity contribution in [2.75, 3.05) is 19.0 Å². The number of para-hydroxylation sites is 1. The van der Waals surface area contributed by atoms with Crippen LogP contribution in [0.25, 0.3) is 0 Å². The molecule has 148 valence electrons. The minimum Gasteiger partial charge on any atom is -0.494 e. The van der Waals surface area contributed by atoms with Gasteiger partial charge in [-0.25, -0.2) is 0 Å². The lowest BCUT2D eigenvalue weighted by atomic mass is 10.3. The SMILES string of the molecule is CCOc1ccc(OCCSc2nnc(COc3ccccc3Cl)n2C)cc1. The van der Waals surface area contributed by atoms with Crippen molar-refractivity contribution in [2.24, 2.45) is 7.05 Å². The van der Waals surface area contributed by atoms with Crippen molar-refractivity contribution in [1.82, 2.24) is 14.8 Å². The van der Waals surface area contributed by atoms with Crippen molar-refractivity contribution in [3.8, 4) is 17.2 Å². The van der Waals surface area contributed by atoms with E-state index in [1.807, 2.05) is 61.0 Å². The number of aromatic nitrogens is 3. The van der Waals surface area contributed by atoms with Crippen LogP contribution in [0.3, 0.4) is 0 Å². The Morgan fingerprint density at radius 1 is 0.964 bits per heavy atom. The topological polar surface area (TPSA) is 58.4 Å². The van der Waals surface area contributed by atoms with E-state index in [4.69, 9.17) is 25.8 Å². The zero-order valence-corrected chi connectivity index (χ0v) is 17.4. The van der Waals surface area contributed by atoms with Crippen molar-refractivity contribution < 1.29 is 14.2 Å². The van der Waals surface area contributed by atoms with E-state index in [0.29, 0.717) is 30.6 Å². The Hall–Kier alpha value is -2.38. The predicted octanol–water partition coefficient (Wildman–Crippen LogP) is 4.62. The molecule has 0 aliphatic carbocycles. The molecule has 28 heavy (non-hydrogen) atoms. The lowest BCUT2D eigenvalue weighted by Gasteiger charge is -2.08. The molecule has 0 aliphatic rings. The first-order chi connectivity index (χ1) is 13.7. The molecule has 8 heteroatoms. The van der Waals surface area contributed by atoms with Crippen LogP contribution in [0.2, 0.25) is 5.02 Å². The minimum absolute atomic E-state index is 0.302. The molecule has 0 saturated heterocycles. The minimum atomic E-state index is 0.302. The zero-order valence-electron chi connectivity index (χ0n) is 15.8.